The van der Waals surface area contributed by atoms with Crippen LogP contribution < -0.4 is 4.74 Å². The molecule has 0 amide bonds. The smallest absolute Gasteiger partial charge is 0.338 e. The molecule has 0 spiro atoms. The zero-order valence-electron chi connectivity index (χ0n) is 12.0. The van der Waals surface area contributed by atoms with Crippen molar-refractivity contribution in [1.29, 1.82) is 0 Å². The van der Waals surface area contributed by atoms with Crippen molar-refractivity contribution in [1.82, 2.24) is 9.78 Å². The first kappa shape index (κ1) is 15.0. The number of benzene rings is 1. The van der Waals surface area contributed by atoms with Crippen LogP contribution in [0.1, 0.15) is 28.4 Å². The van der Waals surface area contributed by atoms with Gasteiger partial charge in [0.2, 0.25) is 5.88 Å². The van der Waals surface area contributed by atoms with Gasteiger partial charge >= 0.3 is 5.97 Å². The van der Waals surface area contributed by atoms with E-state index in [1.54, 1.807) is 49.1 Å². The second-order valence-electron chi connectivity index (χ2n) is 4.41. The van der Waals surface area contributed by atoms with E-state index in [1.165, 1.54) is 0 Å². The van der Waals surface area contributed by atoms with Gasteiger partial charge in [0, 0.05) is 24.9 Å². The summed E-state index contributed by atoms with van der Waals surface area (Å²) >= 11 is 0. The summed E-state index contributed by atoms with van der Waals surface area (Å²) in [6.07, 6.45) is 1.74. The van der Waals surface area contributed by atoms with Crippen molar-refractivity contribution in [2.24, 2.45) is 7.05 Å². The van der Waals surface area contributed by atoms with Crippen molar-refractivity contribution in [3.05, 3.63) is 47.2 Å². The van der Waals surface area contributed by atoms with E-state index in [4.69, 9.17) is 9.47 Å². The van der Waals surface area contributed by atoms with Crippen LogP contribution in [0.2, 0.25) is 0 Å². The van der Waals surface area contributed by atoms with E-state index < -0.39 is 12.6 Å². The molecule has 1 heterocycles. The van der Waals surface area contributed by atoms with Gasteiger partial charge in [0.05, 0.1) is 12.2 Å². The van der Waals surface area contributed by atoms with E-state index in [-0.39, 0.29) is 13.2 Å². The lowest BCUT2D eigenvalue weighted by molar-refractivity contribution is 0.0523. The number of aromatic nitrogens is 2. The molecule has 0 radical (unpaired) electrons. The monoisotopic (exact) mass is 292 g/mol. The maximum absolute atomic E-state index is 13.1. The highest BCUT2D eigenvalue weighted by molar-refractivity contribution is 5.91. The molecule has 1 aromatic carbocycles. The standard InChI is InChI=1S/C15H17FN2O3/c1-3-20-15(19)12-6-4-5-11(9-16)13(12)10-21-14-7-8-18(2)17-14/h4-8H,3,9-10H2,1-2H3. The lowest BCUT2D eigenvalue weighted by Gasteiger charge is -2.12. The predicted octanol–water partition coefficient (Wildman–Crippen LogP) is 2.65. The Morgan fingerprint density at radius 1 is 1.38 bits per heavy atom. The summed E-state index contributed by atoms with van der Waals surface area (Å²) in [4.78, 5) is 11.9. The van der Waals surface area contributed by atoms with Crippen LogP contribution in [0.4, 0.5) is 4.39 Å². The molecular formula is C15H17FN2O3. The number of alkyl halides is 1. The summed E-state index contributed by atoms with van der Waals surface area (Å²) < 4.78 is 25.2. The molecule has 0 aliphatic carbocycles. The predicted molar refractivity (Wildman–Crippen MR) is 74.8 cm³/mol. The van der Waals surface area contributed by atoms with Crippen LogP contribution >= 0.6 is 0 Å². The molecule has 0 bridgehead atoms. The van der Waals surface area contributed by atoms with Crippen LogP contribution in [0.25, 0.3) is 0 Å². The van der Waals surface area contributed by atoms with Crippen LogP contribution in [0.3, 0.4) is 0 Å². The van der Waals surface area contributed by atoms with Crippen LogP contribution in [-0.2, 0) is 25.1 Å². The van der Waals surface area contributed by atoms with E-state index >= 15 is 0 Å². The molecule has 0 saturated carbocycles. The van der Waals surface area contributed by atoms with Crippen molar-refractivity contribution in [3.63, 3.8) is 0 Å². The fourth-order valence-corrected chi connectivity index (χ4v) is 1.95. The fraction of sp³-hybridized carbons (Fsp3) is 0.333. The zero-order chi connectivity index (χ0) is 15.2. The lowest BCUT2D eigenvalue weighted by Crippen LogP contribution is -2.12. The average molecular weight is 292 g/mol. The first-order valence-corrected chi connectivity index (χ1v) is 6.62. The summed E-state index contributed by atoms with van der Waals surface area (Å²) in [5.41, 5.74) is 1.23. The first-order chi connectivity index (χ1) is 10.2. The third kappa shape index (κ3) is 3.59. The van der Waals surface area contributed by atoms with Gasteiger partial charge in [-0.05, 0) is 18.6 Å². The van der Waals surface area contributed by atoms with Crippen LogP contribution in [0, 0.1) is 0 Å². The normalized spacial score (nSPS) is 10.4. The number of carbonyl (C=O) groups is 1. The second kappa shape index (κ2) is 6.88. The maximum Gasteiger partial charge on any atom is 0.338 e. The van der Waals surface area contributed by atoms with Gasteiger partial charge in [-0.25, -0.2) is 9.18 Å². The molecule has 0 fully saturated rings. The van der Waals surface area contributed by atoms with Crippen LogP contribution in [0.15, 0.2) is 30.5 Å². The van der Waals surface area contributed by atoms with Gasteiger partial charge in [0.25, 0.3) is 0 Å². The van der Waals surface area contributed by atoms with E-state index in [2.05, 4.69) is 5.10 Å². The number of nitrogens with zero attached hydrogens (tertiary/aromatic N) is 2. The largest absolute Gasteiger partial charge is 0.472 e. The van der Waals surface area contributed by atoms with Gasteiger partial charge in [0.1, 0.15) is 13.3 Å². The Morgan fingerprint density at radius 2 is 2.19 bits per heavy atom. The number of esters is 1. The van der Waals surface area contributed by atoms with Gasteiger partial charge in [-0.3, -0.25) is 4.68 Å². The molecule has 1 aromatic heterocycles. The molecule has 0 N–H and O–H groups in total. The Hall–Kier alpha value is -2.37. The summed E-state index contributed by atoms with van der Waals surface area (Å²) in [6.45, 7) is 1.37. The highest BCUT2D eigenvalue weighted by atomic mass is 19.1. The van der Waals surface area contributed by atoms with Gasteiger partial charge in [0.15, 0.2) is 0 Å². The van der Waals surface area contributed by atoms with Crippen molar-refractivity contribution < 1.29 is 18.7 Å². The molecule has 0 aliphatic rings. The first-order valence-electron chi connectivity index (χ1n) is 6.62. The molecule has 2 aromatic rings. The molecular weight excluding hydrogens is 275 g/mol. The average Bonchev–Trinajstić information content (AvgIpc) is 2.90. The topological polar surface area (TPSA) is 53.4 Å². The third-order valence-electron chi connectivity index (χ3n) is 2.97. The minimum Gasteiger partial charge on any atom is -0.472 e. The van der Waals surface area contributed by atoms with Crippen LogP contribution in [0.5, 0.6) is 5.88 Å². The fourth-order valence-electron chi connectivity index (χ4n) is 1.95. The molecule has 21 heavy (non-hydrogen) atoms. The Morgan fingerprint density at radius 3 is 2.81 bits per heavy atom. The van der Waals surface area contributed by atoms with E-state index in [1.807, 2.05) is 0 Å². The molecule has 0 atom stereocenters. The van der Waals surface area contributed by atoms with Crippen LogP contribution in [-0.4, -0.2) is 22.4 Å². The molecule has 2 rings (SSSR count). The molecule has 0 unspecified atom stereocenters. The van der Waals surface area contributed by atoms with Gasteiger partial charge < -0.3 is 9.47 Å². The van der Waals surface area contributed by atoms with Gasteiger partial charge in [-0.15, -0.1) is 5.10 Å². The lowest BCUT2D eigenvalue weighted by atomic mass is 10.0. The number of hydrogen-bond acceptors (Lipinski definition) is 4. The summed E-state index contributed by atoms with van der Waals surface area (Å²) in [6, 6.07) is 6.56. The third-order valence-corrected chi connectivity index (χ3v) is 2.97. The minimum atomic E-state index is -0.672. The summed E-state index contributed by atoms with van der Waals surface area (Å²) in [5, 5.41) is 4.08. The Labute approximate surface area is 122 Å². The van der Waals surface area contributed by atoms with Gasteiger partial charge in [-0.2, -0.15) is 0 Å². The quantitative estimate of drug-likeness (QED) is 0.768. The zero-order valence-corrected chi connectivity index (χ0v) is 12.0. The van der Waals surface area contributed by atoms with E-state index in [0.717, 1.165) is 0 Å². The molecule has 0 saturated heterocycles. The Bertz CT molecular complexity index is 625. The molecule has 6 heteroatoms. The highest BCUT2D eigenvalue weighted by Crippen LogP contribution is 2.20. The number of halogens is 1. The maximum atomic E-state index is 13.1. The molecule has 5 nitrogen and oxygen atoms in total. The summed E-state index contributed by atoms with van der Waals surface area (Å²) in [7, 11) is 1.77. The number of carbonyl (C=O) groups excluding carboxylic acids is 1. The minimum absolute atomic E-state index is 0.0608. The molecule has 0 aliphatic heterocycles. The number of aryl methyl sites for hydroxylation is 1. The van der Waals surface area contributed by atoms with E-state index in [0.29, 0.717) is 22.6 Å². The highest BCUT2D eigenvalue weighted by Gasteiger charge is 2.16. The number of hydrogen-bond donors (Lipinski definition) is 0. The second-order valence-corrected chi connectivity index (χ2v) is 4.41. The van der Waals surface area contributed by atoms with Crippen molar-refractivity contribution in [2.45, 2.75) is 20.2 Å². The van der Waals surface area contributed by atoms with Crippen molar-refractivity contribution in [3.8, 4) is 5.88 Å². The molecule has 112 valence electrons. The van der Waals surface area contributed by atoms with E-state index in [9.17, 15) is 9.18 Å². The number of ether oxygens (including phenoxy) is 2. The van der Waals surface area contributed by atoms with Gasteiger partial charge in [-0.1, -0.05) is 12.1 Å². The Balaban J connectivity index is 2.24. The van der Waals surface area contributed by atoms with Crippen molar-refractivity contribution >= 4 is 5.97 Å². The van der Waals surface area contributed by atoms with Crippen molar-refractivity contribution in [2.75, 3.05) is 6.61 Å². The summed E-state index contributed by atoms with van der Waals surface area (Å²) in [5.74, 6) is -0.0617. The number of rotatable bonds is 6. The Kier molecular flexibility index (Phi) is 4.92. The SMILES string of the molecule is CCOC(=O)c1cccc(CF)c1COc1ccn(C)n1.